The Labute approximate surface area is 118 Å². The molecule has 1 aromatic rings. The Balaban J connectivity index is 1.68. The van der Waals surface area contributed by atoms with E-state index in [9.17, 15) is 4.79 Å². The summed E-state index contributed by atoms with van der Waals surface area (Å²) in [5.41, 5.74) is 0. The zero-order valence-electron chi connectivity index (χ0n) is 12.0. The van der Waals surface area contributed by atoms with E-state index in [1.807, 2.05) is 4.90 Å². The second-order valence-electron chi connectivity index (χ2n) is 5.69. The molecule has 6 nitrogen and oxygen atoms in total. The summed E-state index contributed by atoms with van der Waals surface area (Å²) in [6, 6.07) is 0.509. The van der Waals surface area contributed by atoms with E-state index in [4.69, 9.17) is 4.52 Å². The van der Waals surface area contributed by atoms with Crippen LogP contribution in [0.25, 0.3) is 0 Å². The highest BCUT2D eigenvalue weighted by molar-refractivity contribution is 5.90. The summed E-state index contributed by atoms with van der Waals surface area (Å²) in [5.74, 6) is 0.697. The number of nitrogens with zero attached hydrogens (tertiary/aromatic N) is 3. The normalized spacial score (nSPS) is 22.1. The average molecular weight is 278 g/mol. The zero-order chi connectivity index (χ0) is 13.9. The molecule has 110 valence electrons. The Morgan fingerprint density at radius 3 is 2.95 bits per heavy atom. The van der Waals surface area contributed by atoms with Crippen molar-refractivity contribution < 1.29 is 9.32 Å². The molecule has 1 aliphatic heterocycles. The molecule has 1 amide bonds. The molecule has 1 N–H and O–H groups in total. The summed E-state index contributed by atoms with van der Waals surface area (Å²) in [5, 5.41) is 7.19. The van der Waals surface area contributed by atoms with Gasteiger partial charge in [0.25, 0.3) is 11.7 Å². The van der Waals surface area contributed by atoms with Crippen LogP contribution in [0.2, 0.25) is 0 Å². The molecule has 1 atom stereocenters. The highest BCUT2D eigenvalue weighted by atomic mass is 16.5. The first kappa shape index (κ1) is 13.5. The minimum atomic E-state index is -0.0750. The number of hydrogen-bond donors (Lipinski definition) is 1. The number of aromatic nitrogens is 2. The highest BCUT2D eigenvalue weighted by Crippen LogP contribution is 2.28. The van der Waals surface area contributed by atoms with Gasteiger partial charge in [0.1, 0.15) is 0 Å². The van der Waals surface area contributed by atoms with Crippen LogP contribution in [0, 0.1) is 0 Å². The van der Waals surface area contributed by atoms with E-state index in [-0.39, 0.29) is 17.8 Å². The zero-order valence-corrected chi connectivity index (χ0v) is 12.0. The molecule has 6 heteroatoms. The Morgan fingerprint density at radius 1 is 1.45 bits per heavy atom. The first-order chi connectivity index (χ1) is 9.79. The fourth-order valence-corrected chi connectivity index (χ4v) is 2.65. The molecule has 20 heavy (non-hydrogen) atoms. The van der Waals surface area contributed by atoms with Crippen LogP contribution in [0.4, 0.5) is 0 Å². The molecular formula is C14H22N4O2. The molecule has 1 aliphatic carbocycles. The van der Waals surface area contributed by atoms with E-state index in [0.717, 1.165) is 51.6 Å². The van der Waals surface area contributed by atoms with E-state index in [1.54, 1.807) is 0 Å². The third kappa shape index (κ3) is 2.85. The van der Waals surface area contributed by atoms with Crippen LogP contribution in [-0.2, 0) is 0 Å². The second kappa shape index (κ2) is 5.91. The number of carbonyl (C=O) groups excluding carboxylic acids is 1. The second-order valence-corrected chi connectivity index (χ2v) is 5.69. The van der Waals surface area contributed by atoms with Crippen molar-refractivity contribution in [2.45, 2.75) is 57.5 Å². The van der Waals surface area contributed by atoms with Gasteiger partial charge in [0.15, 0.2) is 0 Å². The van der Waals surface area contributed by atoms with Crippen molar-refractivity contribution in [1.82, 2.24) is 20.4 Å². The molecule has 1 unspecified atom stereocenters. The van der Waals surface area contributed by atoms with Crippen molar-refractivity contribution in [3.05, 3.63) is 11.7 Å². The third-order valence-electron chi connectivity index (χ3n) is 3.99. The molecule has 1 aromatic heterocycles. The number of nitrogens with one attached hydrogen (secondary N) is 1. The largest absolute Gasteiger partial charge is 0.337 e. The standard InChI is InChI=1S/C14H22N4O2/c1-2-3-9-18(10-6-7-10)14(19)12-16-13(20-17-12)11-5-4-8-15-11/h10-11,15H,2-9H2,1H3. The summed E-state index contributed by atoms with van der Waals surface area (Å²) in [7, 11) is 0. The lowest BCUT2D eigenvalue weighted by molar-refractivity contribution is 0.0725. The fraction of sp³-hybridized carbons (Fsp3) is 0.786. The molecule has 2 heterocycles. The molecule has 0 aromatic carbocycles. The molecule has 2 fully saturated rings. The third-order valence-corrected chi connectivity index (χ3v) is 3.99. The van der Waals surface area contributed by atoms with Crippen molar-refractivity contribution in [2.24, 2.45) is 0 Å². The molecule has 0 bridgehead atoms. The van der Waals surface area contributed by atoms with Gasteiger partial charge >= 0.3 is 0 Å². The number of amides is 1. The monoisotopic (exact) mass is 278 g/mol. The van der Waals surface area contributed by atoms with Crippen LogP contribution >= 0.6 is 0 Å². The topological polar surface area (TPSA) is 71.3 Å². The van der Waals surface area contributed by atoms with Gasteiger partial charge in [-0.15, -0.1) is 0 Å². The summed E-state index contributed by atoms with van der Waals surface area (Å²) in [6.45, 7) is 3.90. The van der Waals surface area contributed by atoms with Gasteiger partial charge in [-0.3, -0.25) is 4.79 Å². The van der Waals surface area contributed by atoms with Gasteiger partial charge in [0, 0.05) is 12.6 Å². The number of rotatable bonds is 6. The van der Waals surface area contributed by atoms with Gasteiger partial charge < -0.3 is 14.7 Å². The molecule has 3 rings (SSSR count). The van der Waals surface area contributed by atoms with E-state index in [0.29, 0.717) is 11.9 Å². The van der Waals surface area contributed by atoms with Gasteiger partial charge in [0.2, 0.25) is 5.89 Å². The minimum absolute atomic E-state index is 0.0750. The van der Waals surface area contributed by atoms with Gasteiger partial charge in [-0.2, -0.15) is 4.98 Å². The lowest BCUT2D eigenvalue weighted by Crippen LogP contribution is -2.34. The molecule has 2 aliphatic rings. The Hall–Kier alpha value is -1.43. The minimum Gasteiger partial charge on any atom is -0.337 e. The predicted octanol–water partition coefficient (Wildman–Crippen LogP) is 1.90. The summed E-state index contributed by atoms with van der Waals surface area (Å²) >= 11 is 0. The Kier molecular flexibility index (Phi) is 4.00. The van der Waals surface area contributed by atoms with Crippen LogP contribution in [0.3, 0.4) is 0 Å². The van der Waals surface area contributed by atoms with Crippen LogP contribution < -0.4 is 5.32 Å². The van der Waals surface area contributed by atoms with Gasteiger partial charge in [-0.05, 0) is 38.6 Å². The SMILES string of the molecule is CCCCN(C(=O)c1noc(C2CCCN2)n1)C1CC1. The molecule has 1 saturated carbocycles. The summed E-state index contributed by atoms with van der Waals surface area (Å²) in [4.78, 5) is 18.7. The van der Waals surface area contributed by atoms with Crippen LogP contribution in [0.1, 0.15) is 68.0 Å². The summed E-state index contributed by atoms with van der Waals surface area (Å²) < 4.78 is 5.25. The Morgan fingerprint density at radius 2 is 2.30 bits per heavy atom. The molecule has 1 saturated heterocycles. The van der Waals surface area contributed by atoms with Crippen LogP contribution in [0.15, 0.2) is 4.52 Å². The van der Waals surface area contributed by atoms with Gasteiger partial charge in [-0.25, -0.2) is 0 Å². The van der Waals surface area contributed by atoms with Crippen LogP contribution in [-0.4, -0.2) is 40.1 Å². The van der Waals surface area contributed by atoms with Gasteiger partial charge in [-0.1, -0.05) is 18.5 Å². The quantitative estimate of drug-likeness (QED) is 0.860. The number of hydrogen-bond acceptors (Lipinski definition) is 5. The van der Waals surface area contributed by atoms with Crippen molar-refractivity contribution in [3.8, 4) is 0 Å². The lowest BCUT2D eigenvalue weighted by Gasteiger charge is -2.20. The Bertz CT molecular complexity index is 463. The average Bonchev–Trinajstić information content (AvgIpc) is 2.97. The highest BCUT2D eigenvalue weighted by Gasteiger charge is 2.35. The summed E-state index contributed by atoms with van der Waals surface area (Å²) in [6.07, 6.45) is 6.42. The fourth-order valence-electron chi connectivity index (χ4n) is 2.65. The molecular weight excluding hydrogens is 256 g/mol. The van der Waals surface area contributed by atoms with Crippen LogP contribution in [0.5, 0.6) is 0 Å². The number of unbranched alkanes of at least 4 members (excludes halogenated alkanes) is 1. The van der Waals surface area contributed by atoms with E-state index in [2.05, 4.69) is 22.4 Å². The van der Waals surface area contributed by atoms with Crippen molar-refractivity contribution in [2.75, 3.05) is 13.1 Å². The van der Waals surface area contributed by atoms with Crippen molar-refractivity contribution in [3.63, 3.8) is 0 Å². The maximum atomic E-state index is 12.5. The van der Waals surface area contributed by atoms with E-state index < -0.39 is 0 Å². The van der Waals surface area contributed by atoms with Crippen molar-refractivity contribution in [1.29, 1.82) is 0 Å². The number of carbonyl (C=O) groups is 1. The van der Waals surface area contributed by atoms with E-state index in [1.165, 1.54) is 0 Å². The first-order valence-electron chi connectivity index (χ1n) is 7.67. The lowest BCUT2D eigenvalue weighted by atomic mass is 10.2. The first-order valence-corrected chi connectivity index (χ1v) is 7.67. The predicted molar refractivity (Wildman–Crippen MR) is 73.2 cm³/mol. The van der Waals surface area contributed by atoms with Gasteiger partial charge in [0.05, 0.1) is 6.04 Å². The smallest absolute Gasteiger partial charge is 0.295 e. The molecule has 0 spiro atoms. The van der Waals surface area contributed by atoms with E-state index >= 15 is 0 Å². The maximum Gasteiger partial charge on any atom is 0.295 e. The maximum absolute atomic E-state index is 12.5. The molecule has 0 radical (unpaired) electrons. The van der Waals surface area contributed by atoms with Crippen molar-refractivity contribution >= 4 is 5.91 Å².